The summed E-state index contributed by atoms with van der Waals surface area (Å²) in [7, 11) is 0. The van der Waals surface area contributed by atoms with Gasteiger partial charge in [-0.2, -0.15) is 0 Å². The summed E-state index contributed by atoms with van der Waals surface area (Å²) in [6, 6.07) is -0.667. The lowest BCUT2D eigenvalue weighted by Gasteiger charge is -2.29. The molecular formula is C13H19N5O4. The number of ether oxygens (including phenoxy) is 1. The van der Waals surface area contributed by atoms with E-state index in [9.17, 15) is 14.7 Å². The Hall–Kier alpha value is -2.09. The second-order valence-electron chi connectivity index (χ2n) is 5.55. The number of aromatic amines is 1. The number of aliphatic hydroxyl groups is 1. The monoisotopic (exact) mass is 309 g/mol. The topological polar surface area (TPSA) is 133 Å². The van der Waals surface area contributed by atoms with Crippen molar-refractivity contribution in [1.29, 1.82) is 0 Å². The Balaban J connectivity index is 2.58. The Morgan fingerprint density at radius 3 is 2.82 bits per heavy atom. The number of H-pyrrole nitrogens is 1. The third-order valence-electron chi connectivity index (χ3n) is 4.46. The number of hydrogen-bond acceptors (Lipinski definition) is 5. The van der Waals surface area contributed by atoms with Gasteiger partial charge in [0.25, 0.3) is 5.56 Å². The minimum Gasteiger partial charge on any atom is -0.393 e. The van der Waals surface area contributed by atoms with Crippen LogP contribution in [0.1, 0.15) is 32.1 Å². The van der Waals surface area contributed by atoms with Crippen molar-refractivity contribution in [2.75, 3.05) is 6.61 Å². The molecule has 1 aromatic heterocycles. The normalized spacial score (nSPS) is 31.0. The summed E-state index contributed by atoms with van der Waals surface area (Å²) >= 11 is 0. The van der Waals surface area contributed by atoms with Crippen molar-refractivity contribution in [3.63, 3.8) is 0 Å². The highest BCUT2D eigenvalue weighted by molar-refractivity contribution is 5.06. The van der Waals surface area contributed by atoms with Gasteiger partial charge in [0.2, 0.25) is 0 Å². The van der Waals surface area contributed by atoms with E-state index in [2.05, 4.69) is 15.0 Å². The zero-order valence-corrected chi connectivity index (χ0v) is 12.7. The molecule has 9 nitrogen and oxygen atoms in total. The van der Waals surface area contributed by atoms with Gasteiger partial charge < -0.3 is 9.84 Å². The van der Waals surface area contributed by atoms with Crippen LogP contribution < -0.4 is 11.2 Å². The number of aliphatic hydroxyl groups excluding tert-OH is 1. The van der Waals surface area contributed by atoms with Gasteiger partial charge in [0.05, 0.1) is 18.2 Å². The Kier molecular flexibility index (Phi) is 4.41. The van der Waals surface area contributed by atoms with Gasteiger partial charge in [0.15, 0.2) is 0 Å². The highest BCUT2D eigenvalue weighted by Crippen LogP contribution is 2.44. The third kappa shape index (κ3) is 2.43. The molecule has 1 aliphatic rings. The summed E-state index contributed by atoms with van der Waals surface area (Å²) in [4.78, 5) is 28.6. The van der Waals surface area contributed by atoms with Crippen LogP contribution in [0, 0.1) is 12.8 Å². The van der Waals surface area contributed by atoms with Crippen LogP contribution in [0.4, 0.5) is 0 Å². The van der Waals surface area contributed by atoms with Gasteiger partial charge in [-0.3, -0.25) is 14.3 Å². The SMILES string of the molecule is CC[C@@]1(CO)O[C@@H](n2cc(C)c(=O)[nH]c2=O)C(N=[N+]=[N-])[C@H]1C. The standard InChI is InChI=1S/C13H19N5O4/c1-4-13(6-19)8(3)9(16-17-14)11(22-13)18-5-7(2)10(20)15-12(18)21/h5,8-9,11,19H,4,6H2,1-3H3,(H,15,20,21)/t8-,9?,11-,13+/m1/s1. The van der Waals surface area contributed by atoms with Crippen LogP contribution in [0.15, 0.2) is 20.9 Å². The maximum Gasteiger partial charge on any atom is 0.330 e. The van der Waals surface area contributed by atoms with E-state index in [1.54, 1.807) is 6.92 Å². The van der Waals surface area contributed by atoms with Gasteiger partial charge in [0, 0.05) is 22.6 Å². The molecule has 0 aliphatic carbocycles. The lowest BCUT2D eigenvalue weighted by molar-refractivity contribution is -0.113. The van der Waals surface area contributed by atoms with E-state index in [1.165, 1.54) is 10.8 Å². The largest absolute Gasteiger partial charge is 0.393 e. The van der Waals surface area contributed by atoms with Gasteiger partial charge in [-0.05, 0) is 18.9 Å². The average molecular weight is 309 g/mol. The Bertz CT molecular complexity index is 714. The maximum absolute atomic E-state index is 12.1. The number of aromatic nitrogens is 2. The van der Waals surface area contributed by atoms with E-state index in [4.69, 9.17) is 10.3 Å². The first kappa shape index (κ1) is 16.3. The lowest BCUT2D eigenvalue weighted by Crippen LogP contribution is -2.39. The number of azide groups is 1. The second kappa shape index (κ2) is 5.96. The molecule has 4 atom stereocenters. The van der Waals surface area contributed by atoms with Gasteiger partial charge in [-0.15, -0.1) is 0 Å². The summed E-state index contributed by atoms with van der Waals surface area (Å²) in [6.45, 7) is 4.97. The van der Waals surface area contributed by atoms with E-state index in [0.29, 0.717) is 12.0 Å². The number of hydrogen-bond donors (Lipinski definition) is 2. The fourth-order valence-electron chi connectivity index (χ4n) is 2.89. The van der Waals surface area contributed by atoms with E-state index in [0.717, 1.165) is 0 Å². The molecule has 22 heavy (non-hydrogen) atoms. The van der Waals surface area contributed by atoms with Crippen molar-refractivity contribution in [1.82, 2.24) is 9.55 Å². The van der Waals surface area contributed by atoms with Crippen molar-refractivity contribution in [2.45, 2.75) is 45.1 Å². The number of aryl methyl sites for hydroxylation is 1. The molecule has 2 heterocycles. The summed E-state index contributed by atoms with van der Waals surface area (Å²) < 4.78 is 7.12. The molecule has 0 aromatic carbocycles. The third-order valence-corrected chi connectivity index (χ3v) is 4.46. The highest BCUT2D eigenvalue weighted by Gasteiger charge is 2.52. The van der Waals surface area contributed by atoms with E-state index in [1.807, 2.05) is 13.8 Å². The lowest BCUT2D eigenvalue weighted by atomic mass is 9.84. The van der Waals surface area contributed by atoms with Crippen LogP contribution in [0.3, 0.4) is 0 Å². The Morgan fingerprint density at radius 2 is 2.27 bits per heavy atom. The van der Waals surface area contributed by atoms with Crippen LogP contribution >= 0.6 is 0 Å². The molecule has 0 saturated carbocycles. The molecule has 0 radical (unpaired) electrons. The second-order valence-corrected chi connectivity index (χ2v) is 5.55. The molecule has 120 valence electrons. The minimum atomic E-state index is -0.896. The van der Waals surface area contributed by atoms with Gasteiger partial charge in [0.1, 0.15) is 6.23 Å². The predicted octanol–water partition coefficient (Wildman–Crippen LogP) is 0.830. The quantitative estimate of drug-likeness (QED) is 0.484. The fraction of sp³-hybridized carbons (Fsp3) is 0.692. The highest BCUT2D eigenvalue weighted by atomic mass is 16.5. The average Bonchev–Trinajstić information content (AvgIpc) is 2.77. The zero-order chi connectivity index (χ0) is 16.5. The number of nitrogens with zero attached hydrogens (tertiary/aromatic N) is 4. The van der Waals surface area contributed by atoms with Crippen LogP contribution in [-0.4, -0.2) is 32.9 Å². The molecule has 2 rings (SSSR count). The number of nitrogens with one attached hydrogen (secondary N) is 1. The van der Waals surface area contributed by atoms with Crippen molar-refractivity contribution in [2.24, 2.45) is 11.0 Å². The smallest absolute Gasteiger partial charge is 0.330 e. The van der Waals surface area contributed by atoms with Gasteiger partial charge in [-0.25, -0.2) is 4.79 Å². The van der Waals surface area contributed by atoms with Crippen molar-refractivity contribution in [3.05, 3.63) is 43.0 Å². The van der Waals surface area contributed by atoms with Crippen molar-refractivity contribution >= 4 is 0 Å². The molecule has 1 unspecified atom stereocenters. The van der Waals surface area contributed by atoms with E-state index >= 15 is 0 Å². The summed E-state index contributed by atoms with van der Waals surface area (Å²) in [5.41, 5.74) is 7.12. The van der Waals surface area contributed by atoms with Gasteiger partial charge in [-0.1, -0.05) is 19.0 Å². The molecule has 1 saturated heterocycles. The molecule has 1 aliphatic heterocycles. The molecule has 1 aromatic rings. The molecule has 2 N–H and O–H groups in total. The summed E-state index contributed by atoms with van der Waals surface area (Å²) in [5.74, 6) is -0.289. The number of rotatable bonds is 4. The molecule has 0 spiro atoms. The molecule has 1 fully saturated rings. The Morgan fingerprint density at radius 1 is 1.59 bits per heavy atom. The van der Waals surface area contributed by atoms with Crippen LogP contribution in [-0.2, 0) is 4.74 Å². The molecule has 0 bridgehead atoms. The maximum atomic E-state index is 12.1. The van der Waals surface area contributed by atoms with Crippen LogP contribution in [0.2, 0.25) is 0 Å². The van der Waals surface area contributed by atoms with E-state index in [-0.39, 0.29) is 12.5 Å². The summed E-state index contributed by atoms with van der Waals surface area (Å²) in [5, 5.41) is 13.4. The minimum absolute atomic E-state index is 0.254. The van der Waals surface area contributed by atoms with Crippen LogP contribution in [0.5, 0.6) is 0 Å². The van der Waals surface area contributed by atoms with Gasteiger partial charge >= 0.3 is 5.69 Å². The van der Waals surface area contributed by atoms with Crippen LogP contribution in [0.25, 0.3) is 10.4 Å². The molecular weight excluding hydrogens is 290 g/mol. The van der Waals surface area contributed by atoms with Crippen molar-refractivity contribution < 1.29 is 9.84 Å². The first-order valence-electron chi connectivity index (χ1n) is 7.05. The first-order valence-corrected chi connectivity index (χ1v) is 7.05. The zero-order valence-electron chi connectivity index (χ0n) is 12.7. The van der Waals surface area contributed by atoms with Crippen molar-refractivity contribution in [3.8, 4) is 0 Å². The Labute approximate surface area is 126 Å². The predicted molar refractivity (Wildman–Crippen MR) is 78.4 cm³/mol. The molecule has 0 amide bonds. The molecule has 9 heteroatoms. The fourth-order valence-corrected chi connectivity index (χ4v) is 2.89. The first-order chi connectivity index (χ1) is 10.4. The summed E-state index contributed by atoms with van der Waals surface area (Å²) in [6.07, 6.45) is 0.998. The van der Waals surface area contributed by atoms with E-state index < -0.39 is 29.1 Å².